The smallest absolute Gasteiger partial charge is 0.228 e. The average molecular weight is 297 g/mol. The summed E-state index contributed by atoms with van der Waals surface area (Å²) >= 11 is 1.54. The van der Waals surface area contributed by atoms with Gasteiger partial charge in [0.2, 0.25) is 5.91 Å². The van der Waals surface area contributed by atoms with Crippen LogP contribution in [-0.4, -0.2) is 59.1 Å². The molecule has 2 heterocycles. The summed E-state index contributed by atoms with van der Waals surface area (Å²) in [5.41, 5.74) is 1.01. The number of piperidine rings is 1. The van der Waals surface area contributed by atoms with Gasteiger partial charge in [-0.25, -0.2) is 4.98 Å². The van der Waals surface area contributed by atoms with Gasteiger partial charge in [-0.3, -0.25) is 9.69 Å². The molecular weight excluding hydrogens is 274 g/mol. The third kappa shape index (κ3) is 4.01. The van der Waals surface area contributed by atoms with E-state index in [2.05, 4.69) is 9.88 Å². The number of nitrogens with zero attached hydrogens (tertiary/aromatic N) is 3. The van der Waals surface area contributed by atoms with E-state index in [9.17, 15) is 9.90 Å². The van der Waals surface area contributed by atoms with Crippen molar-refractivity contribution in [2.75, 3.05) is 27.2 Å². The number of thiazole rings is 1. The molecular formula is C14H23N3O2S. The van der Waals surface area contributed by atoms with Crippen molar-refractivity contribution in [2.45, 2.75) is 38.3 Å². The Hall–Kier alpha value is -0.980. The highest BCUT2D eigenvalue weighted by Gasteiger charge is 2.22. The van der Waals surface area contributed by atoms with E-state index in [0.717, 1.165) is 30.2 Å². The molecule has 0 saturated carbocycles. The highest BCUT2D eigenvalue weighted by molar-refractivity contribution is 7.09. The van der Waals surface area contributed by atoms with Crippen molar-refractivity contribution < 1.29 is 9.90 Å². The third-order valence-corrected chi connectivity index (χ3v) is 4.62. The van der Waals surface area contributed by atoms with Crippen molar-refractivity contribution in [1.82, 2.24) is 14.8 Å². The summed E-state index contributed by atoms with van der Waals surface area (Å²) in [4.78, 5) is 20.1. The zero-order chi connectivity index (χ0) is 14.5. The van der Waals surface area contributed by atoms with Crippen molar-refractivity contribution >= 4 is 17.2 Å². The van der Waals surface area contributed by atoms with Gasteiger partial charge in [-0.15, -0.1) is 11.3 Å². The fourth-order valence-corrected chi connectivity index (χ4v) is 3.25. The normalized spacial score (nSPS) is 20.1. The Morgan fingerprint density at radius 2 is 2.35 bits per heavy atom. The minimum absolute atomic E-state index is 0.0807. The molecule has 0 radical (unpaired) electrons. The van der Waals surface area contributed by atoms with Gasteiger partial charge < -0.3 is 10.0 Å². The summed E-state index contributed by atoms with van der Waals surface area (Å²) in [6, 6.07) is 0.261. The lowest BCUT2D eigenvalue weighted by molar-refractivity contribution is -0.127. The lowest BCUT2D eigenvalue weighted by Gasteiger charge is -2.33. The SMILES string of the molecule is CN(C)C(=O)Cc1nc(CN2CCCCC2CO)cs1. The van der Waals surface area contributed by atoms with Crippen LogP contribution in [0.15, 0.2) is 5.38 Å². The Morgan fingerprint density at radius 3 is 3.05 bits per heavy atom. The Labute approximate surface area is 124 Å². The first kappa shape index (κ1) is 15.4. The summed E-state index contributed by atoms with van der Waals surface area (Å²) in [5.74, 6) is 0.0807. The molecule has 5 nitrogen and oxygen atoms in total. The quantitative estimate of drug-likeness (QED) is 0.885. The molecule has 0 spiro atoms. The minimum atomic E-state index is 0.0807. The molecule has 6 heteroatoms. The number of hydrogen-bond acceptors (Lipinski definition) is 5. The van der Waals surface area contributed by atoms with E-state index in [1.807, 2.05) is 5.38 Å². The first-order valence-electron chi connectivity index (χ1n) is 7.08. The highest BCUT2D eigenvalue weighted by Crippen LogP contribution is 2.20. The average Bonchev–Trinajstić information content (AvgIpc) is 2.86. The molecule has 1 aliphatic rings. The van der Waals surface area contributed by atoms with Gasteiger partial charge in [-0.2, -0.15) is 0 Å². The predicted octanol–water partition coefficient (Wildman–Crippen LogP) is 1.12. The zero-order valence-electron chi connectivity index (χ0n) is 12.2. The standard InChI is InChI=1S/C14H23N3O2S/c1-16(2)14(19)7-13-15-11(10-20-13)8-17-6-4-3-5-12(17)9-18/h10,12,18H,3-9H2,1-2H3. The highest BCUT2D eigenvalue weighted by atomic mass is 32.1. The number of aliphatic hydroxyl groups is 1. The van der Waals surface area contributed by atoms with Gasteiger partial charge in [0.15, 0.2) is 0 Å². The topological polar surface area (TPSA) is 56.7 Å². The Morgan fingerprint density at radius 1 is 1.55 bits per heavy atom. The Bertz CT molecular complexity index is 447. The monoisotopic (exact) mass is 297 g/mol. The molecule has 2 rings (SSSR count). The number of hydrogen-bond donors (Lipinski definition) is 1. The molecule has 1 unspecified atom stereocenters. The third-order valence-electron chi connectivity index (χ3n) is 3.73. The number of aromatic nitrogens is 1. The van der Waals surface area contributed by atoms with E-state index >= 15 is 0 Å². The summed E-state index contributed by atoms with van der Waals surface area (Å²) in [6.07, 6.45) is 3.82. The summed E-state index contributed by atoms with van der Waals surface area (Å²) < 4.78 is 0. The second kappa shape index (κ2) is 7.15. The molecule has 0 aromatic carbocycles. The van der Waals surface area contributed by atoms with Crippen LogP contribution in [0.25, 0.3) is 0 Å². The van der Waals surface area contributed by atoms with Crippen molar-refractivity contribution in [3.05, 3.63) is 16.1 Å². The number of likely N-dealkylation sites (N-methyl/N-ethyl adjacent to an activating group) is 1. The van der Waals surface area contributed by atoms with E-state index in [0.29, 0.717) is 6.42 Å². The molecule has 1 aliphatic heterocycles. The second-order valence-corrected chi connectivity index (χ2v) is 6.44. The van der Waals surface area contributed by atoms with Crippen LogP contribution in [0.2, 0.25) is 0 Å². The first-order valence-corrected chi connectivity index (χ1v) is 7.96. The summed E-state index contributed by atoms with van der Waals surface area (Å²) in [5, 5.41) is 12.3. The number of likely N-dealkylation sites (tertiary alicyclic amines) is 1. The largest absolute Gasteiger partial charge is 0.395 e. The molecule has 1 saturated heterocycles. The van der Waals surface area contributed by atoms with Crippen LogP contribution in [0.5, 0.6) is 0 Å². The van der Waals surface area contributed by atoms with Gasteiger partial charge in [0.05, 0.1) is 18.7 Å². The first-order chi connectivity index (χ1) is 9.60. The van der Waals surface area contributed by atoms with Crippen molar-refractivity contribution in [3.8, 4) is 0 Å². The van der Waals surface area contributed by atoms with Crippen LogP contribution in [0.1, 0.15) is 30.0 Å². The van der Waals surface area contributed by atoms with Crippen LogP contribution in [0, 0.1) is 0 Å². The summed E-state index contributed by atoms with van der Waals surface area (Å²) in [7, 11) is 3.52. The van der Waals surface area contributed by atoms with Crippen molar-refractivity contribution in [2.24, 2.45) is 0 Å². The molecule has 1 amide bonds. The predicted molar refractivity (Wildman–Crippen MR) is 79.6 cm³/mol. The fourth-order valence-electron chi connectivity index (χ4n) is 2.47. The molecule has 1 aromatic rings. The molecule has 1 aromatic heterocycles. The van der Waals surface area contributed by atoms with Gasteiger partial charge in [0.1, 0.15) is 5.01 Å². The minimum Gasteiger partial charge on any atom is -0.395 e. The van der Waals surface area contributed by atoms with Gasteiger partial charge in [-0.1, -0.05) is 6.42 Å². The maximum Gasteiger partial charge on any atom is 0.228 e. The molecule has 112 valence electrons. The van der Waals surface area contributed by atoms with E-state index in [4.69, 9.17) is 0 Å². The van der Waals surface area contributed by atoms with E-state index in [-0.39, 0.29) is 18.6 Å². The number of carbonyl (C=O) groups is 1. The Balaban J connectivity index is 1.93. The molecule has 20 heavy (non-hydrogen) atoms. The van der Waals surface area contributed by atoms with Gasteiger partial charge in [0.25, 0.3) is 0 Å². The zero-order valence-corrected chi connectivity index (χ0v) is 13.0. The maximum atomic E-state index is 11.7. The van der Waals surface area contributed by atoms with E-state index in [1.54, 1.807) is 30.3 Å². The van der Waals surface area contributed by atoms with E-state index < -0.39 is 0 Å². The number of amides is 1. The van der Waals surface area contributed by atoms with Crippen molar-refractivity contribution in [3.63, 3.8) is 0 Å². The van der Waals surface area contributed by atoms with Crippen LogP contribution in [-0.2, 0) is 17.8 Å². The maximum absolute atomic E-state index is 11.7. The van der Waals surface area contributed by atoms with Crippen molar-refractivity contribution in [1.29, 1.82) is 0 Å². The molecule has 1 N–H and O–H groups in total. The molecule has 0 aliphatic carbocycles. The second-order valence-electron chi connectivity index (χ2n) is 5.50. The van der Waals surface area contributed by atoms with Gasteiger partial charge >= 0.3 is 0 Å². The molecule has 0 bridgehead atoms. The van der Waals surface area contributed by atoms with E-state index in [1.165, 1.54) is 12.8 Å². The molecule has 1 atom stereocenters. The van der Waals surface area contributed by atoms with Crippen LogP contribution in [0.3, 0.4) is 0 Å². The van der Waals surface area contributed by atoms with Crippen LogP contribution in [0.4, 0.5) is 0 Å². The van der Waals surface area contributed by atoms with Gasteiger partial charge in [0, 0.05) is 32.1 Å². The fraction of sp³-hybridized carbons (Fsp3) is 0.714. The summed E-state index contributed by atoms with van der Waals surface area (Å²) in [6.45, 7) is 2.02. The van der Waals surface area contributed by atoms with Crippen LogP contribution >= 0.6 is 11.3 Å². The lowest BCUT2D eigenvalue weighted by Crippen LogP contribution is -2.41. The number of carbonyl (C=O) groups excluding carboxylic acids is 1. The molecule has 1 fully saturated rings. The Kier molecular flexibility index (Phi) is 5.51. The number of aliphatic hydroxyl groups excluding tert-OH is 1. The van der Waals surface area contributed by atoms with Crippen LogP contribution < -0.4 is 0 Å². The number of rotatable bonds is 5. The lowest BCUT2D eigenvalue weighted by atomic mass is 10.0. The van der Waals surface area contributed by atoms with Gasteiger partial charge in [-0.05, 0) is 19.4 Å².